The Morgan fingerprint density at radius 1 is 1.22 bits per heavy atom. The molecule has 0 spiro atoms. The number of aryl methyl sites for hydroxylation is 1. The van der Waals surface area contributed by atoms with Crippen molar-refractivity contribution in [3.63, 3.8) is 0 Å². The molecule has 0 aliphatic carbocycles. The van der Waals surface area contributed by atoms with Crippen LogP contribution >= 0.6 is 11.3 Å². The first-order valence-electron chi connectivity index (χ1n) is 13.3. The molecule has 0 bridgehead atoms. The van der Waals surface area contributed by atoms with Crippen molar-refractivity contribution in [1.29, 1.82) is 5.26 Å². The first-order valence-corrected chi connectivity index (χ1v) is 14.1. The summed E-state index contributed by atoms with van der Waals surface area (Å²) in [6, 6.07) is 13.9. The van der Waals surface area contributed by atoms with E-state index in [0.717, 1.165) is 40.3 Å². The molecule has 0 amide bonds. The third-order valence-corrected chi connectivity index (χ3v) is 7.82. The first kappa shape index (κ1) is 30.2. The smallest absolute Gasteiger partial charge is 0.490 e. The van der Waals surface area contributed by atoms with Gasteiger partial charge in [0.25, 0.3) is 0 Å². The molecule has 1 aromatic heterocycles. The summed E-state index contributed by atoms with van der Waals surface area (Å²) < 4.78 is 46.6. The maximum Gasteiger partial charge on any atom is 0.491 e. The standard InChI is InChI=1S/C30H30F3N3O4S/c1-4-23-19(8-6-12-36-16-22(17-36)28(37)40-29(38)30(31,32)33)7-5-9-24(23)26-15-35-27(41-26)20-10-11-25(39-18(2)3)21(13-20)14-34/h5,7,9-11,13,15,18,22H,4,6,8,12,16-17H2,1-3H3. The topological polar surface area (TPSA) is 92.5 Å². The second-order valence-electron chi connectivity index (χ2n) is 10.1. The SMILES string of the molecule is CCc1c(CCCN2CC(C(=O)OC(=O)C(F)(F)F)C2)cccc1-c1cnc(-c2ccc(OC(C)C)c(C#N)c2)s1. The first-order chi connectivity index (χ1) is 19.5. The van der Waals surface area contributed by atoms with Crippen LogP contribution in [0.15, 0.2) is 42.6 Å². The molecule has 3 aromatic rings. The summed E-state index contributed by atoms with van der Waals surface area (Å²) in [6.07, 6.45) is -0.946. The number of likely N-dealkylation sites (tertiary alicyclic amines) is 1. The van der Waals surface area contributed by atoms with Crippen molar-refractivity contribution in [2.45, 2.75) is 52.3 Å². The van der Waals surface area contributed by atoms with Crippen molar-refractivity contribution in [1.82, 2.24) is 9.88 Å². The lowest BCUT2D eigenvalue weighted by Crippen LogP contribution is -2.51. The number of aromatic nitrogens is 1. The Morgan fingerprint density at radius 3 is 2.63 bits per heavy atom. The molecule has 41 heavy (non-hydrogen) atoms. The van der Waals surface area contributed by atoms with Crippen molar-refractivity contribution in [2.24, 2.45) is 5.92 Å². The molecule has 4 rings (SSSR count). The lowest BCUT2D eigenvalue weighted by atomic mass is 9.94. The van der Waals surface area contributed by atoms with Gasteiger partial charge in [-0.15, -0.1) is 11.3 Å². The number of benzene rings is 2. The number of alkyl halides is 3. The average molecular weight is 586 g/mol. The van der Waals surface area contributed by atoms with Gasteiger partial charge in [-0.2, -0.15) is 18.4 Å². The second kappa shape index (κ2) is 12.8. The van der Waals surface area contributed by atoms with E-state index in [2.05, 4.69) is 34.8 Å². The fourth-order valence-corrected chi connectivity index (χ4v) is 5.75. The molecule has 11 heteroatoms. The summed E-state index contributed by atoms with van der Waals surface area (Å²) >= 11 is 1.56. The zero-order valence-corrected chi connectivity index (χ0v) is 23.8. The normalized spacial score (nSPS) is 14.0. The minimum Gasteiger partial charge on any atom is -0.490 e. The van der Waals surface area contributed by atoms with Gasteiger partial charge >= 0.3 is 18.1 Å². The van der Waals surface area contributed by atoms with Crippen LogP contribution in [0.3, 0.4) is 0 Å². The fraction of sp³-hybridized carbons (Fsp3) is 0.400. The van der Waals surface area contributed by atoms with Crippen LogP contribution in [0.4, 0.5) is 13.2 Å². The highest BCUT2D eigenvalue weighted by molar-refractivity contribution is 7.18. The lowest BCUT2D eigenvalue weighted by Gasteiger charge is -2.37. The van der Waals surface area contributed by atoms with Crippen LogP contribution < -0.4 is 4.74 Å². The summed E-state index contributed by atoms with van der Waals surface area (Å²) in [5.74, 6) is -3.77. The van der Waals surface area contributed by atoms with E-state index in [9.17, 15) is 28.0 Å². The predicted octanol–water partition coefficient (Wildman–Crippen LogP) is 6.19. The van der Waals surface area contributed by atoms with Gasteiger partial charge in [0.15, 0.2) is 0 Å². The number of nitriles is 1. The predicted molar refractivity (Wildman–Crippen MR) is 148 cm³/mol. The molecule has 0 N–H and O–H groups in total. The number of carbonyl (C=O) groups excluding carboxylic acids is 2. The van der Waals surface area contributed by atoms with Crippen molar-refractivity contribution in [2.75, 3.05) is 19.6 Å². The van der Waals surface area contributed by atoms with Gasteiger partial charge < -0.3 is 14.4 Å². The largest absolute Gasteiger partial charge is 0.491 e. The van der Waals surface area contributed by atoms with Crippen LogP contribution in [-0.4, -0.2) is 53.7 Å². The van der Waals surface area contributed by atoms with E-state index in [1.165, 1.54) is 11.1 Å². The quantitative estimate of drug-likeness (QED) is 0.207. The number of carbonyl (C=O) groups is 2. The third-order valence-electron chi connectivity index (χ3n) is 6.74. The van der Waals surface area contributed by atoms with Crippen molar-refractivity contribution < 1.29 is 32.2 Å². The van der Waals surface area contributed by atoms with Gasteiger partial charge in [-0.25, -0.2) is 9.78 Å². The minimum absolute atomic E-state index is 0.0376. The summed E-state index contributed by atoms with van der Waals surface area (Å²) in [5.41, 5.74) is 4.84. The Labute approximate surface area is 240 Å². The Morgan fingerprint density at radius 2 is 1.98 bits per heavy atom. The van der Waals surface area contributed by atoms with E-state index in [-0.39, 0.29) is 19.2 Å². The van der Waals surface area contributed by atoms with Crippen LogP contribution in [0.2, 0.25) is 0 Å². The Hall–Kier alpha value is -3.75. The van der Waals surface area contributed by atoms with E-state index in [4.69, 9.17) is 4.74 Å². The molecular formula is C30H30F3N3O4S. The van der Waals surface area contributed by atoms with Gasteiger partial charge in [-0.1, -0.05) is 25.1 Å². The molecule has 0 radical (unpaired) electrons. The van der Waals surface area contributed by atoms with E-state index >= 15 is 0 Å². The highest BCUT2D eigenvalue weighted by Crippen LogP contribution is 2.37. The Balaban J connectivity index is 1.37. The maximum absolute atomic E-state index is 12.3. The number of halogens is 3. The summed E-state index contributed by atoms with van der Waals surface area (Å²) in [6.45, 7) is 7.14. The monoisotopic (exact) mass is 585 g/mol. The van der Waals surface area contributed by atoms with Gasteiger partial charge in [0.2, 0.25) is 0 Å². The molecule has 1 saturated heterocycles. The number of esters is 2. The molecule has 0 saturated carbocycles. The summed E-state index contributed by atoms with van der Waals surface area (Å²) in [7, 11) is 0. The Bertz CT molecular complexity index is 1460. The molecule has 0 atom stereocenters. The lowest BCUT2D eigenvalue weighted by molar-refractivity contribution is -0.204. The number of hydrogen-bond acceptors (Lipinski definition) is 8. The molecular weight excluding hydrogens is 555 g/mol. The number of hydrogen-bond donors (Lipinski definition) is 0. The van der Waals surface area contributed by atoms with E-state index in [1.807, 2.05) is 37.1 Å². The van der Waals surface area contributed by atoms with Crippen molar-refractivity contribution in [3.05, 3.63) is 59.3 Å². The van der Waals surface area contributed by atoms with Crippen LogP contribution in [0, 0.1) is 17.2 Å². The van der Waals surface area contributed by atoms with E-state index < -0.39 is 24.0 Å². The van der Waals surface area contributed by atoms with E-state index in [1.54, 1.807) is 23.5 Å². The van der Waals surface area contributed by atoms with Crippen LogP contribution in [-0.2, 0) is 27.2 Å². The van der Waals surface area contributed by atoms with Gasteiger partial charge in [0.05, 0.1) is 22.5 Å². The zero-order valence-electron chi connectivity index (χ0n) is 23.0. The van der Waals surface area contributed by atoms with E-state index in [0.29, 0.717) is 17.9 Å². The number of nitrogens with zero attached hydrogens (tertiary/aromatic N) is 3. The van der Waals surface area contributed by atoms with Crippen molar-refractivity contribution >= 4 is 23.3 Å². The molecule has 2 aromatic carbocycles. The van der Waals surface area contributed by atoms with Crippen molar-refractivity contribution in [3.8, 4) is 32.8 Å². The Kier molecular flexibility index (Phi) is 9.46. The highest BCUT2D eigenvalue weighted by atomic mass is 32.1. The molecule has 216 valence electrons. The molecule has 1 aliphatic rings. The number of rotatable bonds is 10. The summed E-state index contributed by atoms with van der Waals surface area (Å²) in [5, 5.41) is 10.4. The minimum atomic E-state index is -5.18. The molecule has 1 aliphatic heterocycles. The number of ether oxygens (including phenoxy) is 2. The zero-order chi connectivity index (χ0) is 29.7. The molecule has 7 nitrogen and oxygen atoms in total. The summed E-state index contributed by atoms with van der Waals surface area (Å²) in [4.78, 5) is 30.2. The second-order valence-corrected chi connectivity index (χ2v) is 11.1. The van der Waals surface area contributed by atoms with Gasteiger partial charge in [0.1, 0.15) is 16.8 Å². The fourth-order valence-electron chi connectivity index (χ4n) is 4.78. The third kappa shape index (κ3) is 7.31. The van der Waals surface area contributed by atoms with Crippen LogP contribution in [0.5, 0.6) is 5.75 Å². The molecule has 2 heterocycles. The van der Waals surface area contributed by atoms with Gasteiger partial charge in [0, 0.05) is 24.8 Å². The number of thiazole rings is 1. The van der Waals surface area contributed by atoms with Crippen LogP contribution in [0.1, 0.15) is 43.9 Å². The maximum atomic E-state index is 12.3. The van der Waals surface area contributed by atoms with Crippen LogP contribution in [0.25, 0.3) is 21.0 Å². The highest BCUT2D eigenvalue weighted by Gasteiger charge is 2.44. The van der Waals surface area contributed by atoms with Gasteiger partial charge in [-0.3, -0.25) is 4.79 Å². The van der Waals surface area contributed by atoms with Gasteiger partial charge in [-0.05, 0) is 74.5 Å². The molecule has 0 unspecified atom stereocenters. The average Bonchev–Trinajstić information content (AvgIpc) is 3.39. The molecule has 1 fully saturated rings.